The number of nitrogens with two attached hydrogens (primary N) is 1. The summed E-state index contributed by atoms with van der Waals surface area (Å²) < 4.78 is 0. The summed E-state index contributed by atoms with van der Waals surface area (Å²) in [6, 6.07) is -0.363. The Labute approximate surface area is 93.8 Å². The van der Waals surface area contributed by atoms with E-state index in [1.807, 2.05) is 0 Å². The van der Waals surface area contributed by atoms with E-state index in [0.29, 0.717) is 12.5 Å². The van der Waals surface area contributed by atoms with Crippen molar-refractivity contribution in [3.05, 3.63) is 0 Å². The van der Waals surface area contributed by atoms with Crippen LogP contribution in [0, 0.1) is 11.3 Å². The number of nitrogens with one attached hydrogen (secondary N) is 1. The first-order chi connectivity index (χ1) is 6.78. The highest BCUT2D eigenvalue weighted by Crippen LogP contribution is 2.17. The molecule has 0 aromatic carbocycles. The first kappa shape index (κ1) is 14.4. The van der Waals surface area contributed by atoms with Crippen LogP contribution in [0.1, 0.15) is 47.5 Å². The van der Waals surface area contributed by atoms with Gasteiger partial charge in [-0.05, 0) is 24.2 Å². The second kappa shape index (κ2) is 6.11. The third-order valence-electron chi connectivity index (χ3n) is 2.76. The number of hydrogen-bond acceptors (Lipinski definition) is 2. The second-order valence-corrected chi connectivity index (χ2v) is 5.47. The molecule has 0 aliphatic heterocycles. The van der Waals surface area contributed by atoms with Gasteiger partial charge in [0, 0.05) is 6.54 Å². The number of carbonyl (C=O) groups is 1. The van der Waals surface area contributed by atoms with Gasteiger partial charge >= 0.3 is 0 Å². The highest BCUT2D eigenvalue weighted by atomic mass is 16.2. The monoisotopic (exact) mass is 214 g/mol. The largest absolute Gasteiger partial charge is 0.354 e. The van der Waals surface area contributed by atoms with Gasteiger partial charge in [0.05, 0.1) is 6.04 Å². The molecule has 1 amide bonds. The fourth-order valence-electron chi connectivity index (χ4n) is 1.20. The summed E-state index contributed by atoms with van der Waals surface area (Å²) in [7, 11) is 0. The third kappa shape index (κ3) is 6.50. The summed E-state index contributed by atoms with van der Waals surface area (Å²) in [5, 5.41) is 2.92. The molecule has 1 unspecified atom stereocenters. The molecular formula is C12H26N2O. The summed E-state index contributed by atoms with van der Waals surface area (Å²) in [4.78, 5) is 11.6. The van der Waals surface area contributed by atoms with Crippen LogP contribution in [-0.4, -0.2) is 18.5 Å². The Bertz CT molecular complexity index is 200. The summed E-state index contributed by atoms with van der Waals surface area (Å²) in [6.45, 7) is 11.3. The number of amides is 1. The van der Waals surface area contributed by atoms with Crippen LogP contribution in [0.2, 0.25) is 0 Å². The van der Waals surface area contributed by atoms with E-state index in [4.69, 9.17) is 5.73 Å². The molecule has 0 fully saturated rings. The molecule has 1 atom stereocenters. The zero-order valence-electron chi connectivity index (χ0n) is 10.8. The fourth-order valence-corrected chi connectivity index (χ4v) is 1.20. The molecule has 90 valence electrons. The van der Waals surface area contributed by atoms with Gasteiger partial charge in [-0.3, -0.25) is 4.79 Å². The molecule has 3 N–H and O–H groups in total. The maximum atomic E-state index is 11.6. The minimum absolute atomic E-state index is 0.0229. The molecule has 0 bridgehead atoms. The van der Waals surface area contributed by atoms with E-state index in [-0.39, 0.29) is 17.4 Å². The van der Waals surface area contributed by atoms with Crippen molar-refractivity contribution < 1.29 is 4.79 Å². The lowest BCUT2D eigenvalue weighted by Gasteiger charge is -2.24. The van der Waals surface area contributed by atoms with Crippen LogP contribution in [-0.2, 0) is 4.79 Å². The zero-order valence-corrected chi connectivity index (χ0v) is 10.8. The van der Waals surface area contributed by atoms with E-state index in [0.717, 1.165) is 12.8 Å². The van der Waals surface area contributed by atoms with Gasteiger partial charge in [-0.25, -0.2) is 0 Å². The number of hydrogen-bond donors (Lipinski definition) is 2. The van der Waals surface area contributed by atoms with Gasteiger partial charge in [-0.2, -0.15) is 0 Å². The molecule has 0 aliphatic carbocycles. The molecule has 0 radical (unpaired) electrons. The Morgan fingerprint density at radius 1 is 1.40 bits per heavy atom. The number of rotatable bonds is 6. The van der Waals surface area contributed by atoms with E-state index >= 15 is 0 Å². The van der Waals surface area contributed by atoms with Gasteiger partial charge in [-0.15, -0.1) is 0 Å². The second-order valence-electron chi connectivity index (χ2n) is 5.47. The molecule has 0 saturated heterocycles. The molecule has 0 aromatic rings. The van der Waals surface area contributed by atoms with Crippen molar-refractivity contribution in [3.8, 4) is 0 Å². The first-order valence-electron chi connectivity index (χ1n) is 5.82. The van der Waals surface area contributed by atoms with E-state index in [2.05, 4.69) is 39.9 Å². The summed E-state index contributed by atoms with van der Waals surface area (Å²) in [5.74, 6) is 0.440. The number of carbonyl (C=O) groups excluding carboxylic acids is 1. The van der Waals surface area contributed by atoms with Crippen LogP contribution in [0.15, 0.2) is 0 Å². The highest BCUT2D eigenvalue weighted by Gasteiger charge is 2.19. The molecular weight excluding hydrogens is 188 g/mol. The van der Waals surface area contributed by atoms with E-state index in [1.54, 1.807) is 0 Å². The van der Waals surface area contributed by atoms with Crippen LogP contribution in [0.4, 0.5) is 0 Å². The molecule has 0 spiro atoms. The summed E-state index contributed by atoms with van der Waals surface area (Å²) >= 11 is 0. The van der Waals surface area contributed by atoms with Crippen molar-refractivity contribution in [1.82, 2.24) is 5.32 Å². The third-order valence-corrected chi connectivity index (χ3v) is 2.76. The van der Waals surface area contributed by atoms with Crippen molar-refractivity contribution in [2.45, 2.75) is 53.5 Å². The van der Waals surface area contributed by atoms with Gasteiger partial charge in [0.1, 0.15) is 0 Å². The SMILES string of the molecule is CCC(C)(C)CNC(=O)C(N)CC(C)C. The highest BCUT2D eigenvalue weighted by molar-refractivity contribution is 5.81. The maximum absolute atomic E-state index is 11.6. The van der Waals surface area contributed by atoms with Crippen molar-refractivity contribution in [1.29, 1.82) is 0 Å². The molecule has 0 rings (SSSR count). The van der Waals surface area contributed by atoms with E-state index in [1.165, 1.54) is 0 Å². The van der Waals surface area contributed by atoms with Gasteiger partial charge in [0.15, 0.2) is 0 Å². The van der Waals surface area contributed by atoms with E-state index in [9.17, 15) is 4.79 Å². The smallest absolute Gasteiger partial charge is 0.236 e. The lowest BCUT2D eigenvalue weighted by molar-refractivity contribution is -0.123. The molecule has 0 saturated carbocycles. The Hall–Kier alpha value is -0.570. The lowest BCUT2D eigenvalue weighted by atomic mass is 9.90. The molecule has 0 aromatic heterocycles. The van der Waals surface area contributed by atoms with Gasteiger partial charge in [0.25, 0.3) is 0 Å². The van der Waals surface area contributed by atoms with E-state index < -0.39 is 0 Å². The molecule has 3 heteroatoms. The fraction of sp³-hybridized carbons (Fsp3) is 0.917. The van der Waals surface area contributed by atoms with Crippen LogP contribution < -0.4 is 11.1 Å². The molecule has 0 aliphatic rings. The Morgan fingerprint density at radius 2 is 1.93 bits per heavy atom. The average Bonchev–Trinajstić information content (AvgIpc) is 2.13. The van der Waals surface area contributed by atoms with Crippen molar-refractivity contribution >= 4 is 5.91 Å². The van der Waals surface area contributed by atoms with Gasteiger partial charge in [0.2, 0.25) is 5.91 Å². The van der Waals surface area contributed by atoms with Crippen molar-refractivity contribution in [2.75, 3.05) is 6.54 Å². The maximum Gasteiger partial charge on any atom is 0.236 e. The molecule has 3 nitrogen and oxygen atoms in total. The summed E-state index contributed by atoms with van der Waals surface area (Å²) in [6.07, 6.45) is 1.80. The standard InChI is InChI=1S/C12H26N2O/c1-6-12(4,5)8-14-11(15)10(13)7-9(2)3/h9-10H,6-8,13H2,1-5H3,(H,14,15). The van der Waals surface area contributed by atoms with Crippen LogP contribution in [0.25, 0.3) is 0 Å². The minimum atomic E-state index is -0.363. The van der Waals surface area contributed by atoms with Crippen molar-refractivity contribution in [2.24, 2.45) is 17.1 Å². The lowest BCUT2D eigenvalue weighted by Crippen LogP contribution is -2.44. The first-order valence-corrected chi connectivity index (χ1v) is 5.82. The quantitative estimate of drug-likeness (QED) is 0.709. The Balaban J connectivity index is 3.93. The van der Waals surface area contributed by atoms with Crippen LogP contribution in [0.3, 0.4) is 0 Å². The Kier molecular flexibility index (Phi) is 5.88. The molecule has 0 heterocycles. The van der Waals surface area contributed by atoms with Crippen molar-refractivity contribution in [3.63, 3.8) is 0 Å². The zero-order chi connectivity index (χ0) is 12.1. The Morgan fingerprint density at radius 3 is 2.33 bits per heavy atom. The molecule has 15 heavy (non-hydrogen) atoms. The predicted molar refractivity (Wildman–Crippen MR) is 64.5 cm³/mol. The normalized spacial score (nSPS) is 14.1. The average molecular weight is 214 g/mol. The van der Waals surface area contributed by atoms with Gasteiger partial charge in [-0.1, -0.05) is 34.6 Å². The van der Waals surface area contributed by atoms with Crippen LogP contribution in [0.5, 0.6) is 0 Å². The predicted octanol–water partition coefficient (Wildman–Crippen LogP) is 1.91. The minimum Gasteiger partial charge on any atom is -0.354 e. The summed E-state index contributed by atoms with van der Waals surface area (Å²) in [5.41, 5.74) is 5.94. The van der Waals surface area contributed by atoms with Crippen LogP contribution >= 0.6 is 0 Å². The topological polar surface area (TPSA) is 55.1 Å². The van der Waals surface area contributed by atoms with Gasteiger partial charge < -0.3 is 11.1 Å².